The highest BCUT2D eigenvalue weighted by atomic mass is 16.3. The van der Waals surface area contributed by atoms with Crippen molar-refractivity contribution in [2.24, 2.45) is 0 Å². The van der Waals surface area contributed by atoms with E-state index in [-0.39, 0.29) is 0 Å². The van der Waals surface area contributed by atoms with Crippen molar-refractivity contribution in [2.75, 3.05) is 0 Å². The predicted molar refractivity (Wildman–Crippen MR) is 77.5 cm³/mol. The van der Waals surface area contributed by atoms with Crippen LogP contribution >= 0.6 is 0 Å². The van der Waals surface area contributed by atoms with Crippen LogP contribution in [-0.4, -0.2) is 24.6 Å². The molecule has 104 valence electrons. The molecule has 1 fully saturated rings. The van der Waals surface area contributed by atoms with Gasteiger partial charge in [0.25, 0.3) is 0 Å². The van der Waals surface area contributed by atoms with Gasteiger partial charge in [-0.15, -0.1) is 0 Å². The average Bonchev–Trinajstić information content (AvgIpc) is 3.15. The van der Waals surface area contributed by atoms with Crippen LogP contribution in [0.15, 0.2) is 18.5 Å². The second-order valence-electron chi connectivity index (χ2n) is 5.69. The van der Waals surface area contributed by atoms with E-state index < -0.39 is 6.10 Å². The fraction of sp³-hybridized carbons (Fsp3) is 0.467. The van der Waals surface area contributed by atoms with Crippen LogP contribution < -0.4 is 0 Å². The number of nitrogens with one attached hydrogen (secondary N) is 1. The molecule has 0 radical (unpaired) electrons. The van der Waals surface area contributed by atoms with Gasteiger partial charge in [0.2, 0.25) is 0 Å². The van der Waals surface area contributed by atoms with Gasteiger partial charge in [-0.3, -0.25) is 0 Å². The zero-order valence-corrected chi connectivity index (χ0v) is 11.5. The minimum absolute atomic E-state index is 0.449. The molecule has 0 amide bonds. The Labute approximate surface area is 116 Å². The molecule has 2 N–H and O–H groups in total. The zero-order chi connectivity index (χ0) is 13.7. The molecule has 1 unspecified atom stereocenters. The number of pyridine rings is 1. The lowest BCUT2D eigenvalue weighted by Crippen LogP contribution is -2.11. The highest BCUT2D eigenvalue weighted by Crippen LogP contribution is 2.37. The third kappa shape index (κ3) is 1.59. The first-order valence-electron chi connectivity index (χ1n) is 7.27. The molecule has 0 bridgehead atoms. The normalized spacial score (nSPS) is 18.3. The Morgan fingerprint density at radius 3 is 2.95 bits per heavy atom. The number of imidazole rings is 1. The third-order valence-corrected chi connectivity index (χ3v) is 4.33. The number of aliphatic hydroxyl groups excluding tert-OH is 1. The molecule has 20 heavy (non-hydrogen) atoms. The summed E-state index contributed by atoms with van der Waals surface area (Å²) in [5.74, 6) is 0.766. The Morgan fingerprint density at radius 1 is 1.40 bits per heavy atom. The Kier molecular flexibility index (Phi) is 2.57. The number of rotatable bonds is 2. The second-order valence-corrected chi connectivity index (χ2v) is 5.69. The number of nitrogens with zero attached hydrogens (tertiary/aromatic N) is 3. The van der Waals surface area contributed by atoms with Crippen LogP contribution in [-0.2, 0) is 0 Å². The summed E-state index contributed by atoms with van der Waals surface area (Å²) in [7, 11) is 0. The lowest BCUT2D eigenvalue weighted by molar-refractivity contribution is 0.181. The number of aromatic amines is 1. The summed E-state index contributed by atoms with van der Waals surface area (Å²) in [5.41, 5.74) is 2.87. The van der Waals surface area contributed by atoms with Crippen LogP contribution in [0.25, 0.3) is 22.1 Å². The molecule has 1 aliphatic carbocycles. The highest BCUT2D eigenvalue weighted by molar-refractivity contribution is 6.01. The van der Waals surface area contributed by atoms with Gasteiger partial charge in [-0.05, 0) is 25.8 Å². The minimum atomic E-state index is -0.558. The van der Waals surface area contributed by atoms with Crippen molar-refractivity contribution >= 4 is 22.1 Å². The first kappa shape index (κ1) is 11.9. The molecule has 0 saturated heterocycles. The van der Waals surface area contributed by atoms with E-state index >= 15 is 0 Å². The molecule has 0 aromatic carbocycles. The van der Waals surface area contributed by atoms with Gasteiger partial charge in [0.15, 0.2) is 0 Å². The number of hydrogen-bond donors (Lipinski definition) is 2. The number of hydrogen-bond acceptors (Lipinski definition) is 3. The fourth-order valence-corrected chi connectivity index (χ4v) is 3.44. The van der Waals surface area contributed by atoms with Crippen LogP contribution in [0.1, 0.15) is 50.6 Å². The summed E-state index contributed by atoms with van der Waals surface area (Å²) in [6.07, 6.45) is 7.99. The first-order valence-corrected chi connectivity index (χ1v) is 7.27. The molecular formula is C15H18N4O. The smallest absolute Gasteiger partial charge is 0.139 e. The van der Waals surface area contributed by atoms with Gasteiger partial charge in [0.1, 0.15) is 23.1 Å². The number of H-pyrrole nitrogens is 1. The maximum Gasteiger partial charge on any atom is 0.139 e. The third-order valence-electron chi connectivity index (χ3n) is 4.33. The van der Waals surface area contributed by atoms with Gasteiger partial charge in [-0.2, -0.15) is 0 Å². The lowest BCUT2D eigenvalue weighted by atomic mass is 10.2. The predicted octanol–water partition coefficient (Wildman–Crippen LogP) is 3.08. The van der Waals surface area contributed by atoms with Crippen LogP contribution in [0.3, 0.4) is 0 Å². The molecule has 3 aromatic rings. The molecule has 3 aromatic heterocycles. The van der Waals surface area contributed by atoms with E-state index in [1.54, 1.807) is 13.1 Å². The van der Waals surface area contributed by atoms with Crippen LogP contribution in [0.5, 0.6) is 0 Å². The van der Waals surface area contributed by atoms with E-state index in [4.69, 9.17) is 0 Å². The second kappa shape index (κ2) is 4.31. The van der Waals surface area contributed by atoms with Crippen molar-refractivity contribution in [3.63, 3.8) is 0 Å². The molecule has 5 heteroatoms. The minimum Gasteiger partial charge on any atom is -0.385 e. The van der Waals surface area contributed by atoms with Gasteiger partial charge < -0.3 is 14.7 Å². The Bertz CT molecular complexity index is 765. The van der Waals surface area contributed by atoms with Gasteiger partial charge in [-0.1, -0.05) is 12.8 Å². The van der Waals surface area contributed by atoms with Crippen LogP contribution in [0.4, 0.5) is 0 Å². The highest BCUT2D eigenvalue weighted by Gasteiger charge is 2.25. The molecule has 0 spiro atoms. The topological polar surface area (TPSA) is 66.7 Å². The van der Waals surface area contributed by atoms with Gasteiger partial charge in [0.05, 0.1) is 11.7 Å². The van der Waals surface area contributed by atoms with E-state index in [0.717, 1.165) is 27.9 Å². The zero-order valence-electron chi connectivity index (χ0n) is 11.5. The molecular weight excluding hydrogens is 252 g/mol. The van der Waals surface area contributed by atoms with Crippen molar-refractivity contribution in [3.05, 3.63) is 24.3 Å². The number of aliphatic hydroxyl groups is 1. The van der Waals surface area contributed by atoms with Crippen LogP contribution in [0.2, 0.25) is 0 Å². The van der Waals surface area contributed by atoms with Crippen LogP contribution in [0, 0.1) is 0 Å². The van der Waals surface area contributed by atoms with E-state index in [2.05, 4.69) is 19.5 Å². The SMILES string of the molecule is CC(O)c1nc2cnc3[nH]ccc3c2n1C1CCCC1. The van der Waals surface area contributed by atoms with Gasteiger partial charge in [0, 0.05) is 17.6 Å². The molecule has 1 aliphatic rings. The van der Waals surface area contributed by atoms with Crippen molar-refractivity contribution in [1.29, 1.82) is 0 Å². The Balaban J connectivity index is 2.08. The maximum absolute atomic E-state index is 10.1. The number of fused-ring (bicyclic) bond motifs is 3. The number of aromatic nitrogens is 4. The summed E-state index contributed by atoms with van der Waals surface area (Å²) in [4.78, 5) is 12.2. The Morgan fingerprint density at radius 2 is 2.20 bits per heavy atom. The summed E-state index contributed by atoms with van der Waals surface area (Å²) < 4.78 is 2.25. The lowest BCUT2D eigenvalue weighted by Gasteiger charge is -2.17. The quantitative estimate of drug-likeness (QED) is 0.752. The summed E-state index contributed by atoms with van der Waals surface area (Å²) >= 11 is 0. The van der Waals surface area contributed by atoms with E-state index in [0.29, 0.717) is 6.04 Å². The molecule has 1 saturated carbocycles. The van der Waals surface area contributed by atoms with E-state index in [9.17, 15) is 5.11 Å². The van der Waals surface area contributed by atoms with Gasteiger partial charge in [-0.25, -0.2) is 9.97 Å². The molecule has 5 nitrogen and oxygen atoms in total. The van der Waals surface area contributed by atoms with Crippen molar-refractivity contribution in [3.8, 4) is 0 Å². The van der Waals surface area contributed by atoms with Crippen molar-refractivity contribution in [1.82, 2.24) is 19.5 Å². The van der Waals surface area contributed by atoms with E-state index in [1.807, 2.05) is 12.3 Å². The van der Waals surface area contributed by atoms with Crippen molar-refractivity contribution < 1.29 is 5.11 Å². The van der Waals surface area contributed by atoms with E-state index in [1.165, 1.54) is 25.7 Å². The summed E-state index contributed by atoms with van der Waals surface area (Å²) in [6.45, 7) is 1.79. The molecule has 1 atom stereocenters. The molecule has 4 rings (SSSR count). The van der Waals surface area contributed by atoms with Crippen molar-refractivity contribution in [2.45, 2.75) is 44.8 Å². The van der Waals surface area contributed by atoms with Gasteiger partial charge >= 0.3 is 0 Å². The standard InChI is InChI=1S/C15H18N4O/c1-9(20)15-18-12-8-17-14-11(6-7-16-14)13(12)19(15)10-4-2-3-5-10/h6-10,20H,2-5H2,1H3,(H,16,17). The fourth-order valence-electron chi connectivity index (χ4n) is 3.44. The molecule has 3 heterocycles. The Hall–Kier alpha value is -1.88. The molecule has 0 aliphatic heterocycles. The largest absolute Gasteiger partial charge is 0.385 e. The first-order chi connectivity index (χ1) is 9.75. The maximum atomic E-state index is 10.1. The monoisotopic (exact) mass is 270 g/mol. The summed E-state index contributed by atoms with van der Waals surface area (Å²) in [6, 6.07) is 2.49. The summed E-state index contributed by atoms with van der Waals surface area (Å²) in [5, 5.41) is 11.2. The average molecular weight is 270 g/mol.